The second-order valence-corrected chi connectivity index (χ2v) is 5.40. The molecule has 2 rings (SSSR count). The average molecular weight is 338 g/mol. The molecule has 0 unspecified atom stereocenters. The second kappa shape index (κ2) is 6.54. The molecule has 5 nitrogen and oxygen atoms in total. The van der Waals surface area contributed by atoms with Gasteiger partial charge in [-0.1, -0.05) is 0 Å². The van der Waals surface area contributed by atoms with E-state index >= 15 is 0 Å². The number of piperidine rings is 1. The lowest BCUT2D eigenvalue weighted by molar-refractivity contribution is -0.133. The first kappa shape index (κ1) is 15.5. The Labute approximate surface area is 121 Å². The molecule has 0 spiro atoms. The Kier molecular flexibility index (Phi) is 5.62. The number of aromatic nitrogens is 2. The number of amides is 1. The molecule has 1 amide bonds. The van der Waals surface area contributed by atoms with E-state index in [2.05, 4.69) is 21.0 Å². The van der Waals surface area contributed by atoms with Gasteiger partial charge >= 0.3 is 0 Å². The first-order valence-corrected chi connectivity index (χ1v) is 6.61. The molecule has 0 aromatic carbocycles. The van der Waals surface area contributed by atoms with Gasteiger partial charge in [0, 0.05) is 19.3 Å². The van der Waals surface area contributed by atoms with E-state index < -0.39 is 6.04 Å². The monoisotopic (exact) mass is 336 g/mol. The number of rotatable bonds is 2. The molecule has 1 aromatic heterocycles. The number of carbonyl (C=O) groups excluding carboxylic acids is 1. The fraction of sp³-hybridized carbons (Fsp3) is 0.636. The zero-order valence-electron chi connectivity index (χ0n) is 10.3. The van der Waals surface area contributed by atoms with Crippen molar-refractivity contribution in [1.29, 1.82) is 0 Å². The molecule has 2 heterocycles. The van der Waals surface area contributed by atoms with Gasteiger partial charge in [0.2, 0.25) is 5.91 Å². The van der Waals surface area contributed by atoms with Crippen molar-refractivity contribution >= 4 is 34.2 Å². The topological polar surface area (TPSA) is 64.2 Å². The third kappa shape index (κ3) is 3.46. The standard InChI is InChI=1S/C11H17BrN4O.ClH/c1-8(13)11(17)15-4-2-10(3-5-15)16-7-9(12)6-14-16;/h6-8,10H,2-5,13H2,1H3;1H/t8-;/m1./s1. The van der Waals surface area contributed by atoms with Gasteiger partial charge in [-0.25, -0.2) is 0 Å². The first-order valence-electron chi connectivity index (χ1n) is 5.82. The lowest BCUT2D eigenvalue weighted by atomic mass is 10.0. The van der Waals surface area contributed by atoms with Crippen molar-refractivity contribution in [3.05, 3.63) is 16.9 Å². The molecule has 1 fully saturated rings. The maximum atomic E-state index is 11.7. The molecular weight excluding hydrogens is 320 g/mol. The molecule has 1 atom stereocenters. The van der Waals surface area contributed by atoms with Gasteiger partial charge in [0.1, 0.15) is 0 Å². The normalized spacial score (nSPS) is 18.3. The molecule has 2 N–H and O–H groups in total. The summed E-state index contributed by atoms with van der Waals surface area (Å²) < 4.78 is 2.96. The van der Waals surface area contributed by atoms with Crippen LogP contribution in [0.15, 0.2) is 16.9 Å². The lowest BCUT2D eigenvalue weighted by Gasteiger charge is -2.33. The second-order valence-electron chi connectivity index (χ2n) is 4.48. The summed E-state index contributed by atoms with van der Waals surface area (Å²) in [6.07, 6.45) is 5.65. The van der Waals surface area contributed by atoms with Crippen LogP contribution in [-0.4, -0.2) is 39.7 Å². The van der Waals surface area contributed by atoms with Crippen LogP contribution in [0.25, 0.3) is 0 Å². The van der Waals surface area contributed by atoms with Gasteiger partial charge in [0.05, 0.1) is 22.8 Å². The summed E-state index contributed by atoms with van der Waals surface area (Å²) in [4.78, 5) is 13.6. The largest absolute Gasteiger partial charge is 0.341 e. The highest BCUT2D eigenvalue weighted by Crippen LogP contribution is 2.23. The van der Waals surface area contributed by atoms with Gasteiger partial charge in [0.15, 0.2) is 0 Å². The number of halogens is 2. The van der Waals surface area contributed by atoms with Crippen LogP contribution in [-0.2, 0) is 4.79 Å². The van der Waals surface area contributed by atoms with Crippen molar-refractivity contribution in [1.82, 2.24) is 14.7 Å². The molecule has 102 valence electrons. The molecule has 0 aliphatic carbocycles. The van der Waals surface area contributed by atoms with E-state index in [0.29, 0.717) is 6.04 Å². The SMILES string of the molecule is C[C@@H](N)C(=O)N1CCC(n2cc(Br)cn2)CC1.Cl. The maximum absolute atomic E-state index is 11.7. The highest BCUT2D eigenvalue weighted by Gasteiger charge is 2.25. The molecule has 1 saturated heterocycles. The maximum Gasteiger partial charge on any atom is 0.239 e. The number of hydrogen-bond donors (Lipinski definition) is 1. The Morgan fingerprint density at radius 1 is 1.56 bits per heavy atom. The highest BCUT2D eigenvalue weighted by atomic mass is 79.9. The molecular formula is C11H18BrClN4O. The first-order chi connectivity index (χ1) is 8.08. The molecule has 0 bridgehead atoms. The van der Waals surface area contributed by atoms with Crippen molar-refractivity contribution in [3.63, 3.8) is 0 Å². The van der Waals surface area contributed by atoms with E-state index in [0.717, 1.165) is 30.4 Å². The van der Waals surface area contributed by atoms with E-state index in [1.165, 1.54) is 0 Å². The smallest absolute Gasteiger partial charge is 0.239 e. The Morgan fingerprint density at radius 2 is 2.17 bits per heavy atom. The third-order valence-electron chi connectivity index (χ3n) is 3.11. The predicted molar refractivity (Wildman–Crippen MR) is 75.7 cm³/mol. The van der Waals surface area contributed by atoms with Crippen molar-refractivity contribution in [3.8, 4) is 0 Å². The van der Waals surface area contributed by atoms with E-state index in [-0.39, 0.29) is 18.3 Å². The Hall–Kier alpha value is -0.590. The lowest BCUT2D eigenvalue weighted by Crippen LogP contribution is -2.46. The van der Waals surface area contributed by atoms with Gasteiger partial charge < -0.3 is 10.6 Å². The van der Waals surface area contributed by atoms with Crippen molar-refractivity contribution in [2.75, 3.05) is 13.1 Å². The molecule has 18 heavy (non-hydrogen) atoms. The molecule has 7 heteroatoms. The van der Waals surface area contributed by atoms with E-state index in [1.54, 1.807) is 13.1 Å². The van der Waals surface area contributed by atoms with E-state index in [9.17, 15) is 4.79 Å². The van der Waals surface area contributed by atoms with Crippen LogP contribution in [0.4, 0.5) is 0 Å². The minimum Gasteiger partial charge on any atom is -0.341 e. The summed E-state index contributed by atoms with van der Waals surface area (Å²) in [5, 5.41) is 4.29. The van der Waals surface area contributed by atoms with E-state index in [4.69, 9.17) is 5.73 Å². The molecule has 0 saturated carbocycles. The number of nitrogens with two attached hydrogens (primary N) is 1. The molecule has 1 aliphatic rings. The van der Waals surface area contributed by atoms with Crippen molar-refractivity contribution in [2.24, 2.45) is 5.73 Å². The molecule has 1 aromatic rings. The molecule has 1 aliphatic heterocycles. The van der Waals surface area contributed by atoms with Crippen LogP contribution in [0.2, 0.25) is 0 Å². The Bertz CT molecular complexity index is 402. The quantitative estimate of drug-likeness (QED) is 0.891. The summed E-state index contributed by atoms with van der Waals surface area (Å²) in [7, 11) is 0. The van der Waals surface area contributed by atoms with Crippen molar-refractivity contribution < 1.29 is 4.79 Å². The Balaban J connectivity index is 0.00000162. The van der Waals surface area contributed by atoms with Gasteiger partial charge in [-0.15, -0.1) is 12.4 Å². The summed E-state index contributed by atoms with van der Waals surface area (Å²) in [6, 6.07) is -0.0103. The zero-order chi connectivity index (χ0) is 12.4. The zero-order valence-corrected chi connectivity index (χ0v) is 12.7. The minimum atomic E-state index is -0.398. The van der Waals surface area contributed by atoms with Crippen LogP contribution >= 0.6 is 28.3 Å². The Morgan fingerprint density at radius 3 is 2.61 bits per heavy atom. The fourth-order valence-corrected chi connectivity index (χ4v) is 2.45. The number of likely N-dealkylation sites (tertiary alicyclic amines) is 1. The average Bonchev–Trinajstić information content (AvgIpc) is 2.75. The van der Waals surface area contributed by atoms with Gasteiger partial charge in [-0.2, -0.15) is 5.10 Å². The summed E-state index contributed by atoms with van der Waals surface area (Å²) in [6.45, 7) is 3.27. The summed E-state index contributed by atoms with van der Waals surface area (Å²) in [5.41, 5.74) is 5.60. The van der Waals surface area contributed by atoms with Gasteiger partial charge in [0.25, 0.3) is 0 Å². The third-order valence-corrected chi connectivity index (χ3v) is 3.52. The highest BCUT2D eigenvalue weighted by molar-refractivity contribution is 9.10. The van der Waals surface area contributed by atoms with Crippen molar-refractivity contribution in [2.45, 2.75) is 31.8 Å². The van der Waals surface area contributed by atoms with Gasteiger partial charge in [-0.05, 0) is 35.7 Å². The summed E-state index contributed by atoms with van der Waals surface area (Å²) in [5.74, 6) is 0.0464. The summed E-state index contributed by atoms with van der Waals surface area (Å²) >= 11 is 3.39. The van der Waals surface area contributed by atoms with Crippen LogP contribution in [0.5, 0.6) is 0 Å². The predicted octanol–water partition coefficient (Wildman–Crippen LogP) is 1.58. The van der Waals surface area contributed by atoms with Crippen LogP contribution in [0.1, 0.15) is 25.8 Å². The fourth-order valence-electron chi connectivity index (χ4n) is 2.15. The number of carbonyl (C=O) groups is 1. The number of nitrogens with zero attached hydrogens (tertiary/aromatic N) is 3. The minimum absolute atomic E-state index is 0. The van der Waals surface area contributed by atoms with Gasteiger partial charge in [-0.3, -0.25) is 9.48 Å². The van der Waals surface area contributed by atoms with Crippen LogP contribution in [0, 0.1) is 0 Å². The number of hydrogen-bond acceptors (Lipinski definition) is 3. The van der Waals surface area contributed by atoms with E-state index in [1.807, 2.05) is 15.8 Å². The van der Waals surface area contributed by atoms with Crippen LogP contribution in [0.3, 0.4) is 0 Å². The van der Waals surface area contributed by atoms with Crippen LogP contribution < -0.4 is 5.73 Å². The molecule has 0 radical (unpaired) electrons.